The van der Waals surface area contributed by atoms with Crippen LogP contribution in [0.5, 0.6) is 0 Å². The van der Waals surface area contributed by atoms with Gasteiger partial charge in [-0.1, -0.05) is 0 Å². The number of sulfonamides is 1. The monoisotopic (exact) mass is 318 g/mol. The summed E-state index contributed by atoms with van der Waals surface area (Å²) in [4.78, 5) is 0.884. The van der Waals surface area contributed by atoms with Crippen molar-refractivity contribution in [3.63, 3.8) is 0 Å². The van der Waals surface area contributed by atoms with E-state index >= 15 is 0 Å². The second-order valence-corrected chi connectivity index (χ2v) is 8.40. The van der Waals surface area contributed by atoms with Gasteiger partial charge in [-0.2, -0.15) is 4.31 Å². The minimum Gasteiger partial charge on any atom is -0.383 e. The predicted molar refractivity (Wildman–Crippen MR) is 80.2 cm³/mol. The third-order valence-corrected chi connectivity index (χ3v) is 7.24. The van der Waals surface area contributed by atoms with Crippen LogP contribution >= 0.6 is 11.3 Å². The van der Waals surface area contributed by atoms with Crippen LogP contribution in [0.15, 0.2) is 16.3 Å². The fourth-order valence-corrected chi connectivity index (χ4v) is 5.30. The Bertz CT molecular complexity index is 538. The molecule has 0 radical (unpaired) electrons. The maximum atomic E-state index is 12.8. The molecule has 5 nitrogen and oxygen atoms in total. The molecule has 1 aromatic heterocycles. The highest BCUT2D eigenvalue weighted by molar-refractivity contribution is 7.91. The van der Waals surface area contributed by atoms with Crippen molar-refractivity contribution in [2.75, 3.05) is 20.3 Å². The molecule has 0 amide bonds. The molecule has 0 spiro atoms. The summed E-state index contributed by atoms with van der Waals surface area (Å²) in [7, 11) is -1.86. The molecule has 1 aliphatic carbocycles. The fraction of sp³-hybridized carbons (Fsp3) is 0.692. The molecule has 1 aliphatic rings. The summed E-state index contributed by atoms with van der Waals surface area (Å²) in [5.74, 6) is 0.482. The molecule has 0 aromatic carbocycles. The van der Waals surface area contributed by atoms with Gasteiger partial charge in [0.05, 0.1) is 6.61 Å². The van der Waals surface area contributed by atoms with Crippen LogP contribution in [-0.2, 0) is 21.3 Å². The lowest BCUT2D eigenvalue weighted by atomic mass is 10.2. The Hall–Kier alpha value is -0.470. The molecule has 1 saturated carbocycles. The van der Waals surface area contributed by atoms with Crippen molar-refractivity contribution in [2.24, 2.45) is 11.7 Å². The Morgan fingerprint density at radius 3 is 2.70 bits per heavy atom. The number of rotatable bonds is 8. The van der Waals surface area contributed by atoms with Crippen molar-refractivity contribution in [1.29, 1.82) is 0 Å². The first-order valence-electron chi connectivity index (χ1n) is 6.80. The average molecular weight is 318 g/mol. The van der Waals surface area contributed by atoms with Gasteiger partial charge in [-0.25, -0.2) is 8.42 Å². The summed E-state index contributed by atoms with van der Waals surface area (Å²) >= 11 is 1.26. The van der Waals surface area contributed by atoms with Gasteiger partial charge in [0.15, 0.2) is 0 Å². The number of methoxy groups -OCH3 is 1. The van der Waals surface area contributed by atoms with Crippen LogP contribution < -0.4 is 5.73 Å². The van der Waals surface area contributed by atoms with Crippen LogP contribution in [0.2, 0.25) is 0 Å². The van der Waals surface area contributed by atoms with Crippen molar-refractivity contribution >= 4 is 21.4 Å². The maximum Gasteiger partial charge on any atom is 0.252 e. The SMILES string of the molecule is COCCN(C(C)C1CC1)S(=O)(=O)c1ccc(CN)s1. The van der Waals surface area contributed by atoms with Crippen molar-refractivity contribution in [1.82, 2.24) is 4.31 Å². The van der Waals surface area contributed by atoms with Crippen molar-refractivity contribution in [3.8, 4) is 0 Å². The molecule has 2 rings (SSSR count). The number of nitrogens with two attached hydrogens (primary N) is 1. The Labute approximate surface area is 124 Å². The van der Waals surface area contributed by atoms with Gasteiger partial charge in [0.25, 0.3) is 10.0 Å². The Kier molecular flexibility index (Phi) is 5.19. The molecule has 114 valence electrons. The molecular formula is C13H22N2O3S2. The predicted octanol–water partition coefficient (Wildman–Crippen LogP) is 1.64. The lowest BCUT2D eigenvalue weighted by molar-refractivity contribution is 0.164. The number of nitrogens with zero attached hydrogens (tertiary/aromatic N) is 1. The molecule has 1 fully saturated rings. The molecule has 7 heteroatoms. The number of ether oxygens (including phenoxy) is 1. The first kappa shape index (κ1) is 15.9. The summed E-state index contributed by atoms with van der Waals surface area (Å²) in [5.41, 5.74) is 5.56. The van der Waals surface area contributed by atoms with Crippen molar-refractivity contribution in [3.05, 3.63) is 17.0 Å². The third-order valence-electron chi connectivity index (χ3n) is 3.68. The normalized spacial score (nSPS) is 17.6. The third kappa shape index (κ3) is 3.40. The topological polar surface area (TPSA) is 72.6 Å². The minimum atomic E-state index is -3.45. The lowest BCUT2D eigenvalue weighted by Gasteiger charge is -2.27. The van der Waals surface area contributed by atoms with E-state index in [0.29, 0.717) is 29.8 Å². The van der Waals surface area contributed by atoms with E-state index in [9.17, 15) is 8.42 Å². The summed E-state index contributed by atoms with van der Waals surface area (Å²) < 4.78 is 32.6. The largest absolute Gasteiger partial charge is 0.383 e. The van der Waals surface area contributed by atoms with Gasteiger partial charge < -0.3 is 10.5 Å². The van der Waals surface area contributed by atoms with Crippen molar-refractivity contribution in [2.45, 2.75) is 36.6 Å². The number of thiophene rings is 1. The number of hydrogen-bond acceptors (Lipinski definition) is 5. The summed E-state index contributed by atoms with van der Waals surface area (Å²) in [5, 5.41) is 0. The lowest BCUT2D eigenvalue weighted by Crippen LogP contribution is -2.41. The number of hydrogen-bond donors (Lipinski definition) is 1. The molecular weight excluding hydrogens is 296 g/mol. The van der Waals surface area contributed by atoms with E-state index in [1.807, 2.05) is 6.92 Å². The van der Waals surface area contributed by atoms with Gasteiger partial charge in [-0.15, -0.1) is 11.3 Å². The Balaban J connectivity index is 2.24. The second-order valence-electron chi connectivity index (χ2n) is 5.11. The van der Waals surface area contributed by atoms with Gasteiger partial charge in [0, 0.05) is 31.1 Å². The molecule has 0 saturated heterocycles. The highest BCUT2D eigenvalue weighted by Crippen LogP contribution is 2.37. The molecule has 1 heterocycles. The summed E-state index contributed by atoms with van der Waals surface area (Å²) in [6.07, 6.45) is 2.22. The van der Waals surface area contributed by atoms with Gasteiger partial charge in [-0.3, -0.25) is 0 Å². The zero-order valence-corrected chi connectivity index (χ0v) is 13.5. The standard InChI is InChI=1S/C13H22N2O3S2/c1-10(11-3-4-11)15(7-8-18-2)20(16,17)13-6-5-12(9-14)19-13/h5-6,10-11H,3-4,7-9,14H2,1-2H3. The molecule has 0 bridgehead atoms. The van der Waals surface area contributed by atoms with Gasteiger partial charge >= 0.3 is 0 Å². The van der Waals surface area contributed by atoms with E-state index < -0.39 is 10.0 Å². The van der Waals surface area contributed by atoms with Crippen LogP contribution in [0.25, 0.3) is 0 Å². The van der Waals surface area contributed by atoms with E-state index in [4.69, 9.17) is 10.5 Å². The zero-order valence-electron chi connectivity index (χ0n) is 11.9. The maximum absolute atomic E-state index is 12.8. The molecule has 1 atom stereocenters. The van der Waals surface area contributed by atoms with Crippen molar-refractivity contribution < 1.29 is 13.2 Å². The van der Waals surface area contributed by atoms with Crippen LogP contribution in [0.4, 0.5) is 0 Å². The minimum absolute atomic E-state index is 0.0265. The van der Waals surface area contributed by atoms with Crippen LogP contribution in [0, 0.1) is 5.92 Å². The molecule has 2 N–H and O–H groups in total. The summed E-state index contributed by atoms with van der Waals surface area (Å²) in [6.45, 7) is 3.16. The first-order valence-corrected chi connectivity index (χ1v) is 9.06. The molecule has 20 heavy (non-hydrogen) atoms. The molecule has 0 aliphatic heterocycles. The van der Waals surface area contributed by atoms with Crippen LogP contribution in [0.3, 0.4) is 0 Å². The Morgan fingerprint density at radius 2 is 2.20 bits per heavy atom. The molecule has 1 aromatic rings. The highest BCUT2D eigenvalue weighted by atomic mass is 32.2. The highest BCUT2D eigenvalue weighted by Gasteiger charge is 2.38. The van der Waals surface area contributed by atoms with Gasteiger partial charge in [0.1, 0.15) is 4.21 Å². The van der Waals surface area contributed by atoms with E-state index in [-0.39, 0.29) is 6.04 Å². The average Bonchev–Trinajstić information content (AvgIpc) is 3.15. The zero-order chi connectivity index (χ0) is 14.8. The van der Waals surface area contributed by atoms with E-state index in [1.54, 1.807) is 23.5 Å². The van der Waals surface area contributed by atoms with Gasteiger partial charge in [-0.05, 0) is 37.8 Å². The van der Waals surface area contributed by atoms with E-state index in [2.05, 4.69) is 0 Å². The fourth-order valence-electron chi connectivity index (χ4n) is 2.26. The van der Waals surface area contributed by atoms with E-state index in [0.717, 1.165) is 17.7 Å². The second kappa shape index (κ2) is 6.53. The van der Waals surface area contributed by atoms with Gasteiger partial charge in [0.2, 0.25) is 0 Å². The van der Waals surface area contributed by atoms with Crippen LogP contribution in [0.1, 0.15) is 24.6 Å². The van der Waals surface area contributed by atoms with Crippen LogP contribution in [-0.4, -0.2) is 39.0 Å². The van der Waals surface area contributed by atoms with E-state index in [1.165, 1.54) is 11.3 Å². The quantitative estimate of drug-likeness (QED) is 0.791. The first-order chi connectivity index (χ1) is 9.50. The smallest absolute Gasteiger partial charge is 0.252 e. The molecule has 1 unspecified atom stereocenters. The summed E-state index contributed by atoms with van der Waals surface area (Å²) in [6, 6.07) is 3.47. The Morgan fingerprint density at radius 1 is 1.50 bits per heavy atom.